The molecule has 2 heterocycles. The summed E-state index contributed by atoms with van der Waals surface area (Å²) < 4.78 is 26.1. The lowest BCUT2D eigenvalue weighted by Crippen LogP contribution is -2.34. The number of hydrogen-bond donors (Lipinski definition) is 1. The van der Waals surface area contributed by atoms with E-state index in [9.17, 15) is 13.2 Å². The van der Waals surface area contributed by atoms with Crippen LogP contribution >= 0.6 is 11.3 Å². The minimum atomic E-state index is -3.52. The van der Waals surface area contributed by atoms with E-state index in [1.54, 1.807) is 6.92 Å². The summed E-state index contributed by atoms with van der Waals surface area (Å²) in [6, 6.07) is 0. The number of rotatable bonds is 2. The minimum absolute atomic E-state index is 0.135. The lowest BCUT2D eigenvalue weighted by molar-refractivity contribution is 0.432. The van der Waals surface area contributed by atoms with Gasteiger partial charge >= 0.3 is 4.87 Å². The monoisotopic (exact) mass is 274 g/mol. The molecule has 94 valence electrons. The predicted molar refractivity (Wildman–Crippen MR) is 66.8 cm³/mol. The fourth-order valence-electron chi connectivity index (χ4n) is 1.72. The van der Waals surface area contributed by atoms with Crippen molar-refractivity contribution >= 4 is 21.4 Å². The highest BCUT2D eigenvalue weighted by molar-refractivity contribution is 7.91. The van der Waals surface area contributed by atoms with Crippen LogP contribution in [0.5, 0.6) is 0 Å². The summed E-state index contributed by atoms with van der Waals surface area (Å²) in [4.78, 5) is 13.3. The van der Waals surface area contributed by atoms with Crippen molar-refractivity contribution in [1.29, 1.82) is 0 Å². The SMILES string of the molecule is CC1=CCN(S(=O)(=O)c2sc(=O)[nH]c2C)CC1. The Bertz CT molecular complexity index is 610. The molecule has 0 aromatic carbocycles. The number of aryl methyl sites for hydroxylation is 1. The lowest BCUT2D eigenvalue weighted by Gasteiger charge is -2.24. The molecule has 0 atom stereocenters. The first kappa shape index (κ1) is 12.5. The fourth-order valence-corrected chi connectivity index (χ4v) is 4.54. The highest BCUT2D eigenvalue weighted by atomic mass is 32.2. The Kier molecular flexibility index (Phi) is 3.24. The Labute approximate surface area is 104 Å². The third-order valence-electron chi connectivity index (χ3n) is 2.75. The van der Waals surface area contributed by atoms with E-state index in [2.05, 4.69) is 4.98 Å². The maximum Gasteiger partial charge on any atom is 0.305 e. The van der Waals surface area contributed by atoms with Crippen molar-refractivity contribution < 1.29 is 8.42 Å². The molecule has 2 rings (SSSR count). The van der Waals surface area contributed by atoms with Crippen molar-refractivity contribution in [2.75, 3.05) is 13.1 Å². The molecule has 17 heavy (non-hydrogen) atoms. The third kappa shape index (κ3) is 2.36. The first-order chi connectivity index (χ1) is 7.91. The van der Waals surface area contributed by atoms with Crippen molar-refractivity contribution in [3.8, 4) is 0 Å². The molecule has 0 saturated carbocycles. The highest BCUT2D eigenvalue weighted by Crippen LogP contribution is 2.23. The zero-order valence-electron chi connectivity index (χ0n) is 9.69. The van der Waals surface area contributed by atoms with Gasteiger partial charge in [0.25, 0.3) is 10.0 Å². The van der Waals surface area contributed by atoms with Gasteiger partial charge in [0.2, 0.25) is 0 Å². The molecule has 1 N–H and O–H groups in total. The van der Waals surface area contributed by atoms with Crippen LogP contribution in [0.1, 0.15) is 19.0 Å². The Morgan fingerprint density at radius 2 is 2.12 bits per heavy atom. The summed E-state index contributed by atoms with van der Waals surface area (Å²) in [6.45, 7) is 4.47. The maximum atomic E-state index is 12.3. The number of hydrogen-bond acceptors (Lipinski definition) is 4. The second kappa shape index (κ2) is 4.40. The number of aromatic amines is 1. The molecule has 0 bridgehead atoms. The molecule has 0 aliphatic carbocycles. The molecule has 1 aromatic heterocycles. The van der Waals surface area contributed by atoms with Gasteiger partial charge in [-0.3, -0.25) is 4.79 Å². The zero-order chi connectivity index (χ0) is 12.6. The normalized spacial score (nSPS) is 18.1. The summed E-state index contributed by atoms with van der Waals surface area (Å²) >= 11 is 0.754. The summed E-state index contributed by atoms with van der Waals surface area (Å²) in [5, 5.41) is 0. The first-order valence-corrected chi connectivity index (χ1v) is 7.52. The van der Waals surface area contributed by atoms with Gasteiger partial charge in [-0.2, -0.15) is 4.31 Å². The second-order valence-electron chi connectivity index (χ2n) is 4.09. The molecular weight excluding hydrogens is 260 g/mol. The minimum Gasteiger partial charge on any atom is -0.315 e. The van der Waals surface area contributed by atoms with Crippen molar-refractivity contribution in [1.82, 2.24) is 9.29 Å². The fraction of sp³-hybridized carbons (Fsp3) is 0.500. The molecular formula is C10H14N2O3S2. The molecule has 5 nitrogen and oxygen atoms in total. The topological polar surface area (TPSA) is 70.2 Å². The van der Waals surface area contributed by atoms with Crippen LogP contribution in [-0.2, 0) is 10.0 Å². The largest absolute Gasteiger partial charge is 0.315 e. The summed E-state index contributed by atoms with van der Waals surface area (Å²) in [5.41, 5.74) is 1.63. The van der Waals surface area contributed by atoms with Gasteiger partial charge in [-0.05, 0) is 20.3 Å². The number of sulfonamides is 1. The number of H-pyrrole nitrogens is 1. The Balaban J connectivity index is 2.38. The highest BCUT2D eigenvalue weighted by Gasteiger charge is 2.29. The lowest BCUT2D eigenvalue weighted by atomic mass is 10.1. The van der Waals surface area contributed by atoms with Crippen molar-refractivity contribution in [2.24, 2.45) is 0 Å². The Hall–Kier alpha value is -0.920. The Morgan fingerprint density at radius 1 is 1.41 bits per heavy atom. The van der Waals surface area contributed by atoms with E-state index >= 15 is 0 Å². The van der Waals surface area contributed by atoms with Gasteiger partial charge < -0.3 is 4.98 Å². The molecule has 0 saturated heterocycles. The van der Waals surface area contributed by atoms with E-state index < -0.39 is 10.0 Å². The molecule has 0 unspecified atom stereocenters. The van der Waals surface area contributed by atoms with Crippen molar-refractivity contribution in [3.05, 3.63) is 27.0 Å². The molecule has 7 heteroatoms. The summed E-state index contributed by atoms with van der Waals surface area (Å²) in [7, 11) is -3.52. The number of nitrogens with zero attached hydrogens (tertiary/aromatic N) is 1. The van der Waals surface area contributed by atoms with Crippen LogP contribution in [0.15, 0.2) is 20.7 Å². The molecule has 1 aliphatic heterocycles. The summed E-state index contributed by atoms with van der Waals surface area (Å²) in [5.74, 6) is 0. The smallest absolute Gasteiger partial charge is 0.305 e. The van der Waals surface area contributed by atoms with E-state index in [-0.39, 0.29) is 9.08 Å². The van der Waals surface area contributed by atoms with Crippen LogP contribution in [0, 0.1) is 6.92 Å². The van der Waals surface area contributed by atoms with Gasteiger partial charge in [0.15, 0.2) is 4.21 Å². The maximum absolute atomic E-state index is 12.3. The van der Waals surface area contributed by atoms with Crippen LogP contribution < -0.4 is 4.87 Å². The number of thiazole rings is 1. The summed E-state index contributed by atoms with van der Waals surface area (Å²) in [6.07, 6.45) is 2.66. The van der Waals surface area contributed by atoms with E-state index in [4.69, 9.17) is 0 Å². The zero-order valence-corrected chi connectivity index (χ0v) is 11.3. The van der Waals surface area contributed by atoms with E-state index in [1.807, 2.05) is 13.0 Å². The molecule has 1 aliphatic rings. The van der Waals surface area contributed by atoms with Gasteiger partial charge in [-0.15, -0.1) is 0 Å². The van der Waals surface area contributed by atoms with Crippen molar-refractivity contribution in [2.45, 2.75) is 24.5 Å². The van der Waals surface area contributed by atoms with E-state index in [1.165, 1.54) is 9.88 Å². The molecule has 0 radical (unpaired) electrons. The van der Waals surface area contributed by atoms with Crippen LogP contribution in [0.2, 0.25) is 0 Å². The average molecular weight is 274 g/mol. The number of aromatic nitrogens is 1. The van der Waals surface area contributed by atoms with E-state index in [0.717, 1.165) is 17.8 Å². The molecule has 0 fully saturated rings. The van der Waals surface area contributed by atoms with Crippen LogP contribution in [0.4, 0.5) is 0 Å². The van der Waals surface area contributed by atoms with Gasteiger partial charge in [-0.1, -0.05) is 23.0 Å². The van der Waals surface area contributed by atoms with Gasteiger partial charge in [-0.25, -0.2) is 8.42 Å². The quantitative estimate of drug-likeness (QED) is 0.821. The number of nitrogens with one attached hydrogen (secondary N) is 1. The van der Waals surface area contributed by atoms with Crippen molar-refractivity contribution in [3.63, 3.8) is 0 Å². The van der Waals surface area contributed by atoms with Crippen LogP contribution in [0.3, 0.4) is 0 Å². The average Bonchev–Trinajstić information content (AvgIpc) is 2.59. The van der Waals surface area contributed by atoms with Gasteiger partial charge in [0.1, 0.15) is 0 Å². The third-order valence-corrected chi connectivity index (χ3v) is 6.20. The molecule has 0 spiro atoms. The van der Waals surface area contributed by atoms with Crippen LogP contribution in [0.25, 0.3) is 0 Å². The van der Waals surface area contributed by atoms with E-state index in [0.29, 0.717) is 18.8 Å². The van der Waals surface area contributed by atoms with Crippen LogP contribution in [-0.4, -0.2) is 30.8 Å². The standard InChI is InChI=1S/C10H14N2O3S2/c1-7-3-5-12(6-4-7)17(14,15)9-8(2)11-10(13)16-9/h3H,4-6H2,1-2H3,(H,11,13). The van der Waals surface area contributed by atoms with Gasteiger partial charge in [0, 0.05) is 18.8 Å². The molecule has 1 aromatic rings. The Morgan fingerprint density at radius 3 is 2.59 bits per heavy atom. The predicted octanol–water partition coefficient (Wildman–Crippen LogP) is 1.09. The second-order valence-corrected chi connectivity index (χ2v) is 7.21. The molecule has 0 amide bonds. The van der Waals surface area contributed by atoms with Gasteiger partial charge in [0.05, 0.1) is 0 Å². The first-order valence-electron chi connectivity index (χ1n) is 5.27.